The predicted octanol–water partition coefficient (Wildman–Crippen LogP) is 2.77. The third-order valence-electron chi connectivity index (χ3n) is 3.17. The maximum Gasteiger partial charge on any atom is 0.251 e. The summed E-state index contributed by atoms with van der Waals surface area (Å²) in [5, 5.41) is 10.0. The van der Waals surface area contributed by atoms with E-state index in [0.29, 0.717) is 5.56 Å². The summed E-state index contributed by atoms with van der Waals surface area (Å²) in [5.41, 5.74) is 1.36. The van der Waals surface area contributed by atoms with Gasteiger partial charge in [0.05, 0.1) is 11.7 Å². The van der Waals surface area contributed by atoms with Crippen LogP contribution in [0, 0.1) is 11.6 Å². The molecule has 0 spiro atoms. The fourth-order valence-electron chi connectivity index (χ4n) is 2.05. The number of carbonyl (C=O) groups excluding carboxylic acids is 1. The fourth-order valence-corrected chi connectivity index (χ4v) is 2.05. The summed E-state index contributed by atoms with van der Waals surface area (Å²) in [6.07, 6.45) is 1.61. The predicted molar refractivity (Wildman–Crippen MR) is 73.6 cm³/mol. The fraction of sp³-hybridized carbons (Fsp3) is 0.0667. The van der Waals surface area contributed by atoms with E-state index < -0.39 is 11.6 Å². The SMILES string of the molecule is O=C(NCc1cccc(F)c1F)c1ccc2[nH]ncc2c1. The topological polar surface area (TPSA) is 57.8 Å². The average molecular weight is 287 g/mol. The maximum absolute atomic E-state index is 13.5. The Bertz CT molecular complexity index is 814. The van der Waals surface area contributed by atoms with E-state index in [1.165, 1.54) is 12.1 Å². The molecule has 1 amide bonds. The van der Waals surface area contributed by atoms with Gasteiger partial charge in [-0.05, 0) is 24.3 Å². The zero-order valence-electron chi connectivity index (χ0n) is 10.9. The Labute approximate surface area is 118 Å². The molecule has 4 nitrogen and oxygen atoms in total. The Morgan fingerprint density at radius 3 is 2.95 bits per heavy atom. The zero-order valence-corrected chi connectivity index (χ0v) is 10.9. The molecule has 6 heteroatoms. The van der Waals surface area contributed by atoms with Crippen LogP contribution >= 0.6 is 0 Å². The number of carbonyl (C=O) groups is 1. The Balaban J connectivity index is 1.75. The van der Waals surface area contributed by atoms with Gasteiger partial charge >= 0.3 is 0 Å². The first-order valence-electron chi connectivity index (χ1n) is 6.29. The van der Waals surface area contributed by atoms with E-state index in [9.17, 15) is 13.6 Å². The number of aromatic nitrogens is 2. The average Bonchev–Trinajstić information content (AvgIpc) is 2.96. The van der Waals surface area contributed by atoms with Crippen LogP contribution in [0.25, 0.3) is 10.9 Å². The van der Waals surface area contributed by atoms with Gasteiger partial charge in [-0.15, -0.1) is 0 Å². The number of aromatic amines is 1. The minimum Gasteiger partial charge on any atom is -0.348 e. The van der Waals surface area contributed by atoms with Crippen molar-refractivity contribution >= 4 is 16.8 Å². The maximum atomic E-state index is 13.5. The normalized spacial score (nSPS) is 10.8. The quantitative estimate of drug-likeness (QED) is 0.778. The smallest absolute Gasteiger partial charge is 0.251 e. The van der Waals surface area contributed by atoms with Gasteiger partial charge in [0.2, 0.25) is 0 Å². The summed E-state index contributed by atoms with van der Waals surface area (Å²) in [4.78, 5) is 12.0. The third kappa shape index (κ3) is 2.60. The standard InChI is InChI=1S/C15H11F2N3O/c16-12-3-1-2-10(14(12)17)7-18-15(21)9-4-5-13-11(6-9)8-19-20-13/h1-6,8H,7H2,(H,18,21)(H,19,20). The summed E-state index contributed by atoms with van der Waals surface area (Å²) in [5.74, 6) is -2.23. The molecule has 0 aliphatic carbocycles. The summed E-state index contributed by atoms with van der Waals surface area (Å²) in [6, 6.07) is 8.91. The molecule has 2 N–H and O–H groups in total. The Morgan fingerprint density at radius 2 is 2.10 bits per heavy atom. The second-order valence-electron chi connectivity index (χ2n) is 4.57. The first kappa shape index (κ1) is 13.2. The number of H-pyrrole nitrogens is 1. The highest BCUT2D eigenvalue weighted by Gasteiger charge is 2.10. The van der Waals surface area contributed by atoms with E-state index in [0.717, 1.165) is 17.0 Å². The van der Waals surface area contributed by atoms with E-state index in [4.69, 9.17) is 0 Å². The lowest BCUT2D eigenvalue weighted by atomic mass is 10.1. The van der Waals surface area contributed by atoms with Crippen LogP contribution in [-0.2, 0) is 6.54 Å². The molecule has 0 aliphatic rings. The number of nitrogens with zero attached hydrogens (tertiary/aromatic N) is 1. The molecule has 3 aromatic rings. The van der Waals surface area contributed by atoms with Gasteiger partial charge in [0, 0.05) is 23.1 Å². The van der Waals surface area contributed by atoms with Crippen LogP contribution in [0.2, 0.25) is 0 Å². The van der Waals surface area contributed by atoms with Crippen LogP contribution in [0.15, 0.2) is 42.6 Å². The van der Waals surface area contributed by atoms with Crippen LogP contribution in [0.3, 0.4) is 0 Å². The minimum atomic E-state index is -0.942. The number of halogens is 2. The van der Waals surface area contributed by atoms with Crippen molar-refractivity contribution in [2.75, 3.05) is 0 Å². The minimum absolute atomic E-state index is 0.0775. The molecule has 3 rings (SSSR count). The number of hydrogen-bond donors (Lipinski definition) is 2. The monoisotopic (exact) mass is 287 g/mol. The second kappa shape index (κ2) is 5.32. The molecular formula is C15H11F2N3O. The van der Waals surface area contributed by atoms with E-state index in [1.807, 2.05) is 0 Å². The van der Waals surface area contributed by atoms with Gasteiger partial charge in [-0.3, -0.25) is 9.89 Å². The van der Waals surface area contributed by atoms with E-state index >= 15 is 0 Å². The van der Waals surface area contributed by atoms with Crippen molar-refractivity contribution in [2.45, 2.75) is 6.54 Å². The van der Waals surface area contributed by atoms with Gasteiger partial charge in [-0.1, -0.05) is 12.1 Å². The highest BCUT2D eigenvalue weighted by atomic mass is 19.2. The first-order valence-corrected chi connectivity index (χ1v) is 6.29. The summed E-state index contributed by atoms with van der Waals surface area (Å²) in [7, 11) is 0. The van der Waals surface area contributed by atoms with Crippen molar-refractivity contribution in [2.24, 2.45) is 0 Å². The summed E-state index contributed by atoms with van der Waals surface area (Å²) in [6.45, 7) is -0.0775. The van der Waals surface area contributed by atoms with Crippen molar-refractivity contribution < 1.29 is 13.6 Å². The lowest BCUT2D eigenvalue weighted by Gasteiger charge is -2.07. The number of rotatable bonds is 3. The molecule has 106 valence electrons. The van der Waals surface area contributed by atoms with Gasteiger partial charge < -0.3 is 5.32 Å². The van der Waals surface area contributed by atoms with Crippen molar-refractivity contribution in [1.82, 2.24) is 15.5 Å². The molecule has 0 saturated carbocycles. The lowest BCUT2D eigenvalue weighted by Crippen LogP contribution is -2.23. The molecule has 0 fully saturated rings. The van der Waals surface area contributed by atoms with Crippen molar-refractivity contribution in [3.63, 3.8) is 0 Å². The molecule has 0 aliphatic heterocycles. The van der Waals surface area contributed by atoms with Crippen LogP contribution in [0.5, 0.6) is 0 Å². The van der Waals surface area contributed by atoms with Gasteiger partial charge in [0.1, 0.15) is 0 Å². The Morgan fingerprint density at radius 1 is 1.24 bits per heavy atom. The molecule has 21 heavy (non-hydrogen) atoms. The van der Waals surface area contributed by atoms with Crippen molar-refractivity contribution in [3.05, 3.63) is 65.4 Å². The van der Waals surface area contributed by atoms with Crippen LogP contribution in [0.1, 0.15) is 15.9 Å². The molecule has 1 aromatic heterocycles. The number of fused-ring (bicyclic) bond motifs is 1. The van der Waals surface area contributed by atoms with Crippen LogP contribution < -0.4 is 5.32 Å². The molecule has 2 aromatic carbocycles. The number of nitrogens with one attached hydrogen (secondary N) is 2. The highest BCUT2D eigenvalue weighted by molar-refractivity contribution is 5.97. The summed E-state index contributed by atoms with van der Waals surface area (Å²) >= 11 is 0. The van der Waals surface area contributed by atoms with Gasteiger partial charge in [-0.25, -0.2) is 8.78 Å². The van der Waals surface area contributed by atoms with E-state index in [2.05, 4.69) is 15.5 Å². The van der Waals surface area contributed by atoms with Gasteiger partial charge in [0.15, 0.2) is 11.6 Å². The van der Waals surface area contributed by atoms with Crippen molar-refractivity contribution in [1.29, 1.82) is 0 Å². The third-order valence-corrected chi connectivity index (χ3v) is 3.17. The lowest BCUT2D eigenvalue weighted by molar-refractivity contribution is 0.0950. The first-order chi connectivity index (χ1) is 10.1. The molecule has 0 bridgehead atoms. The highest BCUT2D eigenvalue weighted by Crippen LogP contribution is 2.14. The largest absolute Gasteiger partial charge is 0.348 e. The second-order valence-corrected chi connectivity index (χ2v) is 4.57. The number of amides is 1. The van der Waals surface area contributed by atoms with Gasteiger partial charge in [0.25, 0.3) is 5.91 Å². The molecule has 0 radical (unpaired) electrons. The zero-order chi connectivity index (χ0) is 14.8. The summed E-state index contributed by atoms with van der Waals surface area (Å²) < 4.78 is 26.5. The van der Waals surface area contributed by atoms with E-state index in [1.54, 1.807) is 24.4 Å². The van der Waals surface area contributed by atoms with Crippen LogP contribution in [-0.4, -0.2) is 16.1 Å². The Hall–Kier alpha value is -2.76. The van der Waals surface area contributed by atoms with Crippen molar-refractivity contribution in [3.8, 4) is 0 Å². The molecule has 1 heterocycles. The van der Waals surface area contributed by atoms with Gasteiger partial charge in [-0.2, -0.15) is 5.10 Å². The van der Waals surface area contributed by atoms with E-state index in [-0.39, 0.29) is 18.0 Å². The number of benzene rings is 2. The molecular weight excluding hydrogens is 276 g/mol. The molecule has 0 atom stereocenters. The number of hydrogen-bond acceptors (Lipinski definition) is 2. The van der Waals surface area contributed by atoms with Crippen LogP contribution in [0.4, 0.5) is 8.78 Å². The molecule has 0 unspecified atom stereocenters. The molecule has 0 saturated heterocycles. The Kier molecular flexibility index (Phi) is 3.35.